The summed E-state index contributed by atoms with van der Waals surface area (Å²) in [6.45, 7) is 2.39. The van der Waals surface area contributed by atoms with Gasteiger partial charge in [0.25, 0.3) is 0 Å². The van der Waals surface area contributed by atoms with Gasteiger partial charge in [-0.2, -0.15) is 0 Å². The quantitative estimate of drug-likeness (QED) is 0.585. The fraction of sp³-hybridized carbons (Fsp3) is 0.480. The first-order valence-corrected chi connectivity index (χ1v) is 11.1. The zero-order valence-corrected chi connectivity index (χ0v) is 19.8. The lowest BCUT2D eigenvalue weighted by Crippen LogP contribution is -2.44. The fourth-order valence-corrected chi connectivity index (χ4v) is 4.14. The number of hydrogen-bond donors (Lipinski definition) is 1. The van der Waals surface area contributed by atoms with Crippen molar-refractivity contribution in [1.82, 2.24) is 10.2 Å². The number of carbonyl (C=O) groups excluding carboxylic acids is 1. The predicted octanol–water partition coefficient (Wildman–Crippen LogP) is 3.57. The minimum Gasteiger partial charge on any atom is -0.494 e. The van der Waals surface area contributed by atoms with Gasteiger partial charge in [-0.15, -0.1) is 0 Å². The summed E-state index contributed by atoms with van der Waals surface area (Å²) in [5.74, 6) is 1.64. The number of nitrogens with zero attached hydrogens (tertiary/aromatic N) is 1. The van der Waals surface area contributed by atoms with E-state index in [2.05, 4.69) is 10.2 Å². The van der Waals surface area contributed by atoms with E-state index in [0.717, 1.165) is 37.1 Å². The van der Waals surface area contributed by atoms with Crippen LogP contribution in [0.15, 0.2) is 30.3 Å². The molecule has 1 N–H and O–H groups in total. The van der Waals surface area contributed by atoms with Crippen molar-refractivity contribution in [1.29, 1.82) is 0 Å². The molecule has 33 heavy (non-hydrogen) atoms. The number of carbonyl (C=O) groups is 1. The third-order valence-corrected chi connectivity index (χ3v) is 5.94. The number of rotatable bonds is 10. The van der Waals surface area contributed by atoms with Crippen LogP contribution in [0.2, 0.25) is 0 Å². The van der Waals surface area contributed by atoms with Crippen LogP contribution in [0, 0.1) is 5.82 Å². The van der Waals surface area contributed by atoms with Gasteiger partial charge < -0.3 is 24.3 Å². The topological polar surface area (TPSA) is 69.3 Å². The van der Waals surface area contributed by atoms with Crippen LogP contribution in [0.3, 0.4) is 0 Å². The predicted molar refractivity (Wildman–Crippen MR) is 124 cm³/mol. The number of benzene rings is 2. The minimum atomic E-state index is -0.343. The Kier molecular flexibility index (Phi) is 8.77. The number of nitrogens with one attached hydrogen (secondary N) is 1. The summed E-state index contributed by atoms with van der Waals surface area (Å²) in [5, 5.41) is 3.15. The summed E-state index contributed by atoms with van der Waals surface area (Å²) in [6, 6.07) is 8.96. The van der Waals surface area contributed by atoms with Gasteiger partial charge in [-0.3, -0.25) is 9.69 Å². The van der Waals surface area contributed by atoms with Gasteiger partial charge in [0.15, 0.2) is 23.1 Å². The first-order valence-electron chi connectivity index (χ1n) is 11.1. The van der Waals surface area contributed by atoms with E-state index in [0.29, 0.717) is 36.6 Å². The smallest absolute Gasteiger partial charge is 0.220 e. The third-order valence-electron chi connectivity index (χ3n) is 5.94. The summed E-state index contributed by atoms with van der Waals surface area (Å²) in [6.07, 6.45) is 2.69. The van der Waals surface area contributed by atoms with E-state index in [1.807, 2.05) is 18.2 Å². The van der Waals surface area contributed by atoms with E-state index < -0.39 is 0 Å². The molecular formula is C25H33FN2O5. The summed E-state index contributed by atoms with van der Waals surface area (Å²) < 4.78 is 35.0. The number of methoxy groups -OCH3 is 4. The molecule has 2 aromatic rings. The van der Waals surface area contributed by atoms with Gasteiger partial charge in [0.1, 0.15) is 0 Å². The lowest BCUT2D eigenvalue weighted by atomic mass is 10.0. The molecule has 0 unspecified atom stereocenters. The largest absolute Gasteiger partial charge is 0.494 e. The molecule has 0 aromatic heterocycles. The lowest BCUT2D eigenvalue weighted by molar-refractivity contribution is -0.122. The monoisotopic (exact) mass is 460 g/mol. The molecule has 1 fully saturated rings. The second kappa shape index (κ2) is 11.7. The first-order chi connectivity index (χ1) is 16.0. The van der Waals surface area contributed by atoms with Gasteiger partial charge in [0, 0.05) is 32.1 Å². The molecule has 1 heterocycles. The van der Waals surface area contributed by atoms with Crippen molar-refractivity contribution in [2.75, 3.05) is 41.5 Å². The van der Waals surface area contributed by atoms with Gasteiger partial charge in [-0.05, 0) is 54.7 Å². The van der Waals surface area contributed by atoms with E-state index >= 15 is 0 Å². The normalized spacial score (nSPS) is 14.6. The van der Waals surface area contributed by atoms with Crippen LogP contribution in [0.25, 0.3) is 0 Å². The number of hydrogen-bond acceptors (Lipinski definition) is 6. The minimum absolute atomic E-state index is 0.0272. The molecule has 0 atom stereocenters. The maximum absolute atomic E-state index is 13.9. The van der Waals surface area contributed by atoms with Crippen LogP contribution < -0.4 is 24.3 Å². The van der Waals surface area contributed by atoms with Crippen molar-refractivity contribution < 1.29 is 28.1 Å². The third kappa shape index (κ3) is 6.51. The Morgan fingerprint density at radius 2 is 1.58 bits per heavy atom. The van der Waals surface area contributed by atoms with Crippen molar-refractivity contribution in [3.8, 4) is 23.0 Å². The average Bonchev–Trinajstić information content (AvgIpc) is 2.83. The first kappa shape index (κ1) is 24.6. The molecule has 0 aliphatic carbocycles. The zero-order chi connectivity index (χ0) is 23.8. The van der Waals surface area contributed by atoms with Crippen LogP contribution in [0.1, 0.15) is 30.4 Å². The van der Waals surface area contributed by atoms with E-state index in [1.165, 1.54) is 13.2 Å². The zero-order valence-electron chi connectivity index (χ0n) is 19.8. The number of halogens is 1. The van der Waals surface area contributed by atoms with Crippen LogP contribution in [0.4, 0.5) is 4.39 Å². The Balaban J connectivity index is 1.45. The molecule has 1 aliphatic rings. The van der Waals surface area contributed by atoms with E-state index in [1.54, 1.807) is 27.4 Å². The molecular weight excluding hydrogens is 427 g/mol. The maximum Gasteiger partial charge on any atom is 0.220 e. The number of aryl methyl sites for hydroxylation is 1. The van der Waals surface area contributed by atoms with E-state index in [-0.39, 0.29) is 23.5 Å². The molecule has 0 radical (unpaired) electrons. The van der Waals surface area contributed by atoms with Crippen LogP contribution >= 0.6 is 0 Å². The van der Waals surface area contributed by atoms with Crippen LogP contribution in [0.5, 0.6) is 23.0 Å². The Labute approximate surface area is 194 Å². The van der Waals surface area contributed by atoms with Gasteiger partial charge in [0.05, 0.1) is 28.4 Å². The molecule has 1 aliphatic heterocycles. The highest BCUT2D eigenvalue weighted by Crippen LogP contribution is 2.38. The molecule has 7 nitrogen and oxygen atoms in total. The Hall–Kier alpha value is -3.00. The van der Waals surface area contributed by atoms with E-state index in [4.69, 9.17) is 18.9 Å². The SMILES string of the molecule is COc1ccc(CN2CCC(NC(=O)CCc3cc(OC)c(OC)c(OC)c3)CC2)cc1F. The molecule has 0 spiro atoms. The van der Waals surface area contributed by atoms with Crippen molar-refractivity contribution in [2.45, 2.75) is 38.3 Å². The molecule has 0 bridgehead atoms. The lowest BCUT2D eigenvalue weighted by Gasteiger charge is -2.32. The molecule has 1 saturated heterocycles. The Morgan fingerprint density at radius 1 is 0.939 bits per heavy atom. The number of amides is 1. The van der Waals surface area contributed by atoms with Crippen molar-refractivity contribution >= 4 is 5.91 Å². The molecule has 180 valence electrons. The summed E-state index contributed by atoms with van der Waals surface area (Å²) in [4.78, 5) is 14.8. The van der Waals surface area contributed by atoms with Crippen LogP contribution in [-0.4, -0.2) is 58.4 Å². The van der Waals surface area contributed by atoms with Gasteiger partial charge >= 0.3 is 0 Å². The van der Waals surface area contributed by atoms with E-state index in [9.17, 15) is 9.18 Å². The highest BCUT2D eigenvalue weighted by Gasteiger charge is 2.21. The van der Waals surface area contributed by atoms with Crippen molar-refractivity contribution in [3.05, 3.63) is 47.3 Å². The standard InChI is InChI=1S/C25H33FN2O5/c1-30-21-7-5-18(13-20(21)26)16-28-11-9-19(10-12-28)27-24(29)8-6-17-14-22(31-2)25(33-4)23(15-17)32-3/h5,7,13-15,19H,6,8-12,16H2,1-4H3,(H,27,29). The van der Waals surface area contributed by atoms with Crippen molar-refractivity contribution in [2.24, 2.45) is 0 Å². The van der Waals surface area contributed by atoms with Gasteiger partial charge in [-0.25, -0.2) is 4.39 Å². The molecule has 8 heteroatoms. The number of likely N-dealkylation sites (tertiary alicyclic amines) is 1. The summed E-state index contributed by atoms with van der Waals surface area (Å²) in [7, 11) is 6.17. The molecule has 0 saturated carbocycles. The van der Waals surface area contributed by atoms with Crippen LogP contribution in [-0.2, 0) is 17.8 Å². The fourth-order valence-electron chi connectivity index (χ4n) is 4.14. The maximum atomic E-state index is 13.9. The highest BCUT2D eigenvalue weighted by atomic mass is 19.1. The number of piperidine rings is 1. The Bertz CT molecular complexity index is 919. The molecule has 3 rings (SSSR count). The average molecular weight is 461 g/mol. The second-order valence-corrected chi connectivity index (χ2v) is 8.12. The molecule has 1 amide bonds. The van der Waals surface area contributed by atoms with Gasteiger partial charge in [-0.1, -0.05) is 6.07 Å². The highest BCUT2D eigenvalue weighted by molar-refractivity contribution is 5.76. The second-order valence-electron chi connectivity index (χ2n) is 8.12. The summed E-state index contributed by atoms with van der Waals surface area (Å²) >= 11 is 0. The van der Waals surface area contributed by atoms with Gasteiger partial charge in [0.2, 0.25) is 11.7 Å². The number of ether oxygens (including phenoxy) is 4. The van der Waals surface area contributed by atoms with Crippen molar-refractivity contribution in [3.63, 3.8) is 0 Å². The summed E-state index contributed by atoms with van der Waals surface area (Å²) in [5.41, 5.74) is 1.86. The Morgan fingerprint density at radius 3 is 2.12 bits per heavy atom. The molecule has 2 aromatic carbocycles.